The maximum Gasteiger partial charge on any atom is 0.418 e. The standard InChI is InChI=1S/C21H12Br2F6N6/c1-9-13(8-30)18(31)33-19(32-12-4-2-3-10(5-12)20(24,25)26)16(9)34-35-17-14(21(27,28)29)6-11(22)7-15(17)23/h2-7H,1H3,(H3,31,32,33)/b35-34+. The van der Waals surface area contributed by atoms with Gasteiger partial charge in [-0.05, 0) is 53.2 Å². The summed E-state index contributed by atoms with van der Waals surface area (Å²) >= 11 is 6.02. The molecule has 0 saturated heterocycles. The molecule has 0 amide bonds. The highest BCUT2D eigenvalue weighted by Gasteiger charge is 2.35. The van der Waals surface area contributed by atoms with Gasteiger partial charge >= 0.3 is 12.4 Å². The molecule has 1 heterocycles. The van der Waals surface area contributed by atoms with Gasteiger partial charge in [0.05, 0.1) is 16.7 Å². The Labute approximate surface area is 211 Å². The first-order chi connectivity index (χ1) is 16.2. The number of benzene rings is 2. The number of anilines is 3. The Morgan fingerprint density at radius 3 is 2.26 bits per heavy atom. The molecule has 0 aliphatic rings. The minimum atomic E-state index is -4.77. The van der Waals surface area contributed by atoms with Crippen LogP contribution in [0.1, 0.15) is 22.3 Å². The monoisotopic (exact) mass is 620 g/mol. The van der Waals surface area contributed by atoms with Crippen molar-refractivity contribution < 1.29 is 26.3 Å². The summed E-state index contributed by atoms with van der Waals surface area (Å²) in [5, 5.41) is 19.6. The van der Waals surface area contributed by atoms with E-state index in [4.69, 9.17) is 5.73 Å². The van der Waals surface area contributed by atoms with Gasteiger partial charge in [-0.25, -0.2) is 4.98 Å². The highest BCUT2D eigenvalue weighted by molar-refractivity contribution is 9.11. The predicted octanol–water partition coefficient (Wildman–Crippen LogP) is 8.57. The van der Waals surface area contributed by atoms with Crippen molar-refractivity contribution in [3.63, 3.8) is 0 Å². The third kappa shape index (κ3) is 5.91. The summed E-state index contributed by atoms with van der Waals surface area (Å²) in [6.07, 6.45) is -9.39. The fraction of sp³-hybridized carbons (Fsp3) is 0.143. The van der Waals surface area contributed by atoms with Gasteiger partial charge in [-0.1, -0.05) is 22.0 Å². The first-order valence-electron chi connectivity index (χ1n) is 9.34. The highest BCUT2D eigenvalue weighted by Crippen LogP contribution is 2.44. The Bertz CT molecular complexity index is 1360. The van der Waals surface area contributed by atoms with Crippen LogP contribution >= 0.6 is 31.9 Å². The van der Waals surface area contributed by atoms with Crippen LogP contribution in [0.3, 0.4) is 0 Å². The molecule has 14 heteroatoms. The molecule has 1 aromatic heterocycles. The molecule has 3 rings (SSSR count). The number of nitrogens with one attached hydrogen (secondary N) is 1. The first kappa shape index (κ1) is 26.4. The van der Waals surface area contributed by atoms with E-state index in [0.29, 0.717) is 0 Å². The SMILES string of the molecule is Cc1c(C#N)c(N)nc(Nc2cccc(C(F)(F)F)c2)c1/N=N/c1c(Br)cc(Br)cc1C(F)(F)F. The second kappa shape index (κ2) is 9.82. The van der Waals surface area contributed by atoms with Crippen LogP contribution in [0, 0.1) is 18.3 Å². The maximum absolute atomic E-state index is 13.6. The summed E-state index contributed by atoms with van der Waals surface area (Å²) in [6.45, 7) is 1.41. The lowest BCUT2D eigenvalue weighted by molar-refractivity contribution is -0.138. The van der Waals surface area contributed by atoms with Crippen molar-refractivity contribution >= 4 is 60.6 Å². The molecule has 0 fully saturated rings. The van der Waals surface area contributed by atoms with Gasteiger partial charge in [0.1, 0.15) is 23.3 Å². The van der Waals surface area contributed by atoms with E-state index in [0.717, 1.165) is 24.3 Å². The number of nitrogens with zero attached hydrogens (tertiary/aromatic N) is 4. The molecule has 2 aromatic carbocycles. The quantitative estimate of drug-likeness (QED) is 0.225. The first-order valence-corrected chi connectivity index (χ1v) is 10.9. The summed E-state index contributed by atoms with van der Waals surface area (Å²) in [7, 11) is 0. The molecule has 0 bridgehead atoms. The second-order valence-corrected chi connectivity index (χ2v) is 8.76. The molecule has 0 atom stereocenters. The summed E-state index contributed by atoms with van der Waals surface area (Å²) in [5.41, 5.74) is 2.96. The molecule has 0 spiro atoms. The van der Waals surface area contributed by atoms with Crippen molar-refractivity contribution in [3.05, 3.63) is 67.6 Å². The zero-order chi connectivity index (χ0) is 26.1. The van der Waals surface area contributed by atoms with Crippen molar-refractivity contribution in [2.45, 2.75) is 19.3 Å². The Morgan fingerprint density at radius 2 is 1.66 bits per heavy atom. The van der Waals surface area contributed by atoms with Gasteiger partial charge in [0.15, 0.2) is 5.82 Å². The maximum atomic E-state index is 13.6. The van der Waals surface area contributed by atoms with Crippen molar-refractivity contribution in [2.24, 2.45) is 10.2 Å². The predicted molar refractivity (Wildman–Crippen MR) is 124 cm³/mol. The normalized spacial score (nSPS) is 12.1. The molecule has 35 heavy (non-hydrogen) atoms. The van der Waals surface area contributed by atoms with Crippen LogP contribution in [0.2, 0.25) is 0 Å². The van der Waals surface area contributed by atoms with E-state index in [1.807, 2.05) is 6.07 Å². The Hall–Kier alpha value is -3.18. The zero-order valence-electron chi connectivity index (χ0n) is 17.4. The van der Waals surface area contributed by atoms with Crippen LogP contribution in [0.15, 0.2) is 55.6 Å². The number of azo groups is 1. The Morgan fingerprint density at radius 1 is 1.00 bits per heavy atom. The number of halogens is 8. The number of nitrogen functional groups attached to an aromatic ring is 1. The average Bonchev–Trinajstić information content (AvgIpc) is 2.73. The molecular weight excluding hydrogens is 610 g/mol. The number of nitriles is 1. The van der Waals surface area contributed by atoms with Crippen molar-refractivity contribution in [1.82, 2.24) is 4.98 Å². The summed E-state index contributed by atoms with van der Waals surface area (Å²) < 4.78 is 80.1. The fourth-order valence-electron chi connectivity index (χ4n) is 2.96. The topological polar surface area (TPSA) is 99.5 Å². The molecule has 0 aliphatic carbocycles. The van der Waals surface area contributed by atoms with E-state index in [1.54, 1.807) is 0 Å². The van der Waals surface area contributed by atoms with Gasteiger partial charge < -0.3 is 11.1 Å². The lowest BCUT2D eigenvalue weighted by atomic mass is 10.1. The molecule has 0 radical (unpaired) electrons. The second-order valence-electron chi connectivity index (χ2n) is 6.99. The third-order valence-corrected chi connectivity index (χ3v) is 5.65. The van der Waals surface area contributed by atoms with Crippen molar-refractivity contribution in [1.29, 1.82) is 5.26 Å². The number of alkyl halides is 6. The number of hydrogen-bond donors (Lipinski definition) is 2. The van der Waals surface area contributed by atoms with E-state index >= 15 is 0 Å². The fourth-order valence-corrected chi connectivity index (χ4v) is 4.27. The largest absolute Gasteiger partial charge is 0.418 e. The number of aromatic nitrogens is 1. The van der Waals surface area contributed by atoms with Gasteiger partial charge in [0.2, 0.25) is 0 Å². The van der Waals surface area contributed by atoms with Crippen molar-refractivity contribution in [2.75, 3.05) is 11.1 Å². The van der Waals surface area contributed by atoms with E-state index in [-0.39, 0.29) is 43.1 Å². The van der Waals surface area contributed by atoms with Gasteiger partial charge in [-0.2, -0.15) is 31.6 Å². The van der Waals surface area contributed by atoms with Crippen LogP contribution < -0.4 is 11.1 Å². The van der Waals surface area contributed by atoms with E-state index in [2.05, 4.69) is 52.4 Å². The van der Waals surface area contributed by atoms with Crippen LogP contribution in [0.4, 0.5) is 55.0 Å². The van der Waals surface area contributed by atoms with Gasteiger partial charge in [0.25, 0.3) is 0 Å². The van der Waals surface area contributed by atoms with Gasteiger partial charge in [-0.3, -0.25) is 0 Å². The van der Waals surface area contributed by atoms with Crippen molar-refractivity contribution in [3.8, 4) is 6.07 Å². The molecule has 3 aromatic rings. The molecule has 0 unspecified atom stereocenters. The Balaban J connectivity index is 2.17. The summed E-state index contributed by atoms with van der Waals surface area (Å²) in [5.74, 6) is -0.455. The zero-order valence-corrected chi connectivity index (χ0v) is 20.5. The third-order valence-electron chi connectivity index (χ3n) is 4.59. The highest BCUT2D eigenvalue weighted by atomic mass is 79.9. The molecule has 182 valence electrons. The summed E-state index contributed by atoms with van der Waals surface area (Å²) in [4.78, 5) is 3.98. The number of nitrogens with two attached hydrogens (primary N) is 1. The van der Waals surface area contributed by atoms with E-state index in [9.17, 15) is 31.6 Å². The van der Waals surface area contributed by atoms with E-state index in [1.165, 1.54) is 19.1 Å². The van der Waals surface area contributed by atoms with Crippen LogP contribution in [-0.2, 0) is 12.4 Å². The average molecular weight is 622 g/mol. The minimum absolute atomic E-state index is 0.0306. The van der Waals surface area contributed by atoms with Crippen LogP contribution in [-0.4, -0.2) is 4.98 Å². The molecule has 0 saturated carbocycles. The van der Waals surface area contributed by atoms with Crippen LogP contribution in [0.25, 0.3) is 0 Å². The van der Waals surface area contributed by atoms with E-state index < -0.39 is 29.2 Å². The number of pyridine rings is 1. The lowest BCUT2D eigenvalue weighted by Gasteiger charge is -2.15. The molecule has 6 nitrogen and oxygen atoms in total. The minimum Gasteiger partial charge on any atom is -0.383 e. The molecule has 3 N–H and O–H groups in total. The van der Waals surface area contributed by atoms with Gasteiger partial charge in [-0.15, -0.1) is 10.2 Å². The van der Waals surface area contributed by atoms with Gasteiger partial charge in [0, 0.05) is 20.2 Å². The molecule has 0 aliphatic heterocycles. The summed E-state index contributed by atoms with van der Waals surface area (Å²) in [6, 6.07) is 8.10. The number of rotatable bonds is 4. The smallest absolute Gasteiger partial charge is 0.383 e. The Kier molecular flexibility index (Phi) is 7.42. The van der Waals surface area contributed by atoms with Crippen LogP contribution in [0.5, 0.6) is 0 Å². The number of hydrogen-bond acceptors (Lipinski definition) is 6. The molecular formula is C21H12Br2F6N6. The lowest BCUT2D eigenvalue weighted by Crippen LogP contribution is -2.07.